The van der Waals surface area contributed by atoms with E-state index in [-0.39, 0.29) is 11.9 Å². The van der Waals surface area contributed by atoms with Crippen LogP contribution in [0.25, 0.3) is 0 Å². The molecule has 0 radical (unpaired) electrons. The molecule has 3 nitrogen and oxygen atoms in total. The fourth-order valence-electron chi connectivity index (χ4n) is 2.59. The first-order chi connectivity index (χ1) is 7.58. The minimum absolute atomic E-state index is 0.0322. The molecule has 16 heavy (non-hydrogen) atoms. The molecule has 3 unspecified atom stereocenters. The van der Waals surface area contributed by atoms with Crippen LogP contribution < -0.4 is 5.32 Å². The van der Waals surface area contributed by atoms with Crippen LogP contribution in [0.15, 0.2) is 0 Å². The van der Waals surface area contributed by atoms with Crippen molar-refractivity contribution in [3.05, 3.63) is 0 Å². The van der Waals surface area contributed by atoms with Crippen LogP contribution in [0, 0.1) is 5.92 Å². The maximum atomic E-state index is 12.0. The molecule has 1 aliphatic carbocycles. The molecule has 1 rings (SSSR count). The van der Waals surface area contributed by atoms with Gasteiger partial charge < -0.3 is 10.2 Å². The number of hydrogen-bond acceptors (Lipinski definition) is 2. The number of carbonyl (C=O) groups excluding carboxylic acids is 1. The Bertz CT molecular complexity index is 226. The van der Waals surface area contributed by atoms with E-state index in [9.17, 15) is 4.79 Å². The first-order valence-corrected chi connectivity index (χ1v) is 6.63. The van der Waals surface area contributed by atoms with E-state index in [1.54, 1.807) is 0 Å². The zero-order valence-corrected chi connectivity index (χ0v) is 11.1. The topological polar surface area (TPSA) is 32.3 Å². The zero-order chi connectivity index (χ0) is 12.1. The lowest BCUT2D eigenvalue weighted by Crippen LogP contribution is -2.47. The number of carbonyl (C=O) groups is 1. The van der Waals surface area contributed by atoms with Crippen molar-refractivity contribution in [1.82, 2.24) is 10.2 Å². The highest BCUT2D eigenvalue weighted by Gasteiger charge is 2.25. The summed E-state index contributed by atoms with van der Waals surface area (Å²) in [5.41, 5.74) is 0. The predicted octanol–water partition coefficient (Wildman–Crippen LogP) is 2.02. The fraction of sp³-hybridized carbons (Fsp3) is 0.923. The molecule has 0 spiro atoms. The highest BCUT2D eigenvalue weighted by atomic mass is 16.2. The lowest BCUT2D eigenvalue weighted by molar-refractivity contribution is -0.132. The van der Waals surface area contributed by atoms with Crippen LogP contribution in [0.1, 0.15) is 47.0 Å². The lowest BCUT2D eigenvalue weighted by atomic mass is 10.1. The molecule has 0 aromatic carbocycles. The third-order valence-corrected chi connectivity index (χ3v) is 3.63. The summed E-state index contributed by atoms with van der Waals surface area (Å²) in [6.45, 7) is 9.96. The molecule has 1 N–H and O–H groups in total. The smallest absolute Gasteiger partial charge is 0.239 e. The molecule has 0 bridgehead atoms. The monoisotopic (exact) mass is 226 g/mol. The molecule has 0 aromatic heterocycles. The first kappa shape index (κ1) is 13.5. The molecular formula is C13H26N2O. The average Bonchev–Trinajstić information content (AvgIpc) is 2.65. The van der Waals surface area contributed by atoms with E-state index >= 15 is 0 Å². The van der Waals surface area contributed by atoms with Gasteiger partial charge in [0.1, 0.15) is 0 Å². The zero-order valence-electron chi connectivity index (χ0n) is 11.1. The van der Waals surface area contributed by atoms with Crippen molar-refractivity contribution in [3.8, 4) is 0 Å². The lowest BCUT2D eigenvalue weighted by Gasteiger charge is -2.25. The van der Waals surface area contributed by atoms with Gasteiger partial charge in [0.05, 0.1) is 6.04 Å². The molecule has 1 amide bonds. The van der Waals surface area contributed by atoms with E-state index in [1.165, 1.54) is 19.3 Å². The Kier molecular flexibility index (Phi) is 5.26. The van der Waals surface area contributed by atoms with E-state index in [1.807, 2.05) is 25.7 Å². The van der Waals surface area contributed by atoms with Gasteiger partial charge in [-0.3, -0.25) is 4.79 Å². The van der Waals surface area contributed by atoms with Crippen LogP contribution in [0.5, 0.6) is 0 Å². The van der Waals surface area contributed by atoms with Gasteiger partial charge in [0.15, 0.2) is 0 Å². The third kappa shape index (κ3) is 3.48. The molecule has 1 aliphatic rings. The molecule has 1 saturated carbocycles. The Morgan fingerprint density at radius 3 is 2.44 bits per heavy atom. The summed E-state index contributed by atoms with van der Waals surface area (Å²) in [6, 6.07) is 0.514. The summed E-state index contributed by atoms with van der Waals surface area (Å²) < 4.78 is 0. The van der Waals surface area contributed by atoms with Crippen molar-refractivity contribution in [3.63, 3.8) is 0 Å². The Labute approximate surface area is 99.6 Å². The van der Waals surface area contributed by atoms with Crippen LogP contribution in [-0.2, 0) is 4.79 Å². The molecule has 0 aromatic rings. The first-order valence-electron chi connectivity index (χ1n) is 6.63. The van der Waals surface area contributed by atoms with Crippen molar-refractivity contribution < 1.29 is 4.79 Å². The van der Waals surface area contributed by atoms with Crippen molar-refractivity contribution >= 4 is 5.91 Å². The van der Waals surface area contributed by atoms with Crippen LogP contribution in [0.4, 0.5) is 0 Å². The number of nitrogens with zero attached hydrogens (tertiary/aromatic N) is 1. The van der Waals surface area contributed by atoms with Gasteiger partial charge in [0, 0.05) is 19.1 Å². The SMILES string of the molecule is CCN(CC)C(=O)C(C)NC1CCC(C)C1. The molecule has 3 atom stereocenters. The highest BCUT2D eigenvalue weighted by Crippen LogP contribution is 2.24. The largest absolute Gasteiger partial charge is 0.342 e. The Hall–Kier alpha value is -0.570. The second kappa shape index (κ2) is 6.24. The van der Waals surface area contributed by atoms with Gasteiger partial charge in [-0.15, -0.1) is 0 Å². The summed E-state index contributed by atoms with van der Waals surface area (Å²) in [7, 11) is 0. The third-order valence-electron chi connectivity index (χ3n) is 3.63. The molecule has 1 fully saturated rings. The molecule has 3 heteroatoms. The number of nitrogens with one attached hydrogen (secondary N) is 1. The summed E-state index contributed by atoms with van der Waals surface area (Å²) in [5, 5.41) is 3.47. The number of amides is 1. The van der Waals surface area contributed by atoms with Crippen LogP contribution >= 0.6 is 0 Å². The van der Waals surface area contributed by atoms with Crippen LogP contribution in [0.2, 0.25) is 0 Å². The maximum Gasteiger partial charge on any atom is 0.239 e. The van der Waals surface area contributed by atoms with E-state index in [0.29, 0.717) is 6.04 Å². The second-order valence-electron chi connectivity index (χ2n) is 5.01. The predicted molar refractivity (Wildman–Crippen MR) is 67.3 cm³/mol. The fourth-order valence-corrected chi connectivity index (χ4v) is 2.59. The van der Waals surface area contributed by atoms with E-state index in [2.05, 4.69) is 12.2 Å². The van der Waals surface area contributed by atoms with Gasteiger partial charge in [0.25, 0.3) is 0 Å². The van der Waals surface area contributed by atoms with Gasteiger partial charge in [0.2, 0.25) is 5.91 Å². The average molecular weight is 226 g/mol. The van der Waals surface area contributed by atoms with Gasteiger partial charge in [-0.05, 0) is 46.0 Å². The summed E-state index contributed by atoms with van der Waals surface area (Å²) in [4.78, 5) is 13.9. The molecule has 0 saturated heterocycles. The number of likely N-dealkylation sites (N-methyl/N-ethyl adjacent to an activating group) is 1. The minimum atomic E-state index is -0.0322. The van der Waals surface area contributed by atoms with Gasteiger partial charge >= 0.3 is 0 Å². The van der Waals surface area contributed by atoms with Crippen LogP contribution in [0.3, 0.4) is 0 Å². The maximum absolute atomic E-state index is 12.0. The molecule has 0 heterocycles. The Morgan fingerprint density at radius 1 is 1.38 bits per heavy atom. The van der Waals surface area contributed by atoms with Crippen molar-refractivity contribution in [2.24, 2.45) is 5.92 Å². The molecule has 0 aliphatic heterocycles. The van der Waals surface area contributed by atoms with Crippen molar-refractivity contribution in [1.29, 1.82) is 0 Å². The quantitative estimate of drug-likeness (QED) is 0.778. The summed E-state index contributed by atoms with van der Waals surface area (Å²) in [6.07, 6.45) is 3.73. The van der Waals surface area contributed by atoms with E-state index < -0.39 is 0 Å². The molecular weight excluding hydrogens is 200 g/mol. The Morgan fingerprint density at radius 2 is 2.00 bits per heavy atom. The number of rotatable bonds is 5. The summed E-state index contributed by atoms with van der Waals surface area (Å²) in [5.74, 6) is 1.05. The van der Waals surface area contributed by atoms with E-state index in [4.69, 9.17) is 0 Å². The summed E-state index contributed by atoms with van der Waals surface area (Å²) >= 11 is 0. The Balaban J connectivity index is 2.39. The normalized spacial score (nSPS) is 26.8. The van der Waals surface area contributed by atoms with Gasteiger partial charge in [-0.1, -0.05) is 6.92 Å². The van der Waals surface area contributed by atoms with Crippen LogP contribution in [-0.4, -0.2) is 36.0 Å². The van der Waals surface area contributed by atoms with Gasteiger partial charge in [-0.25, -0.2) is 0 Å². The van der Waals surface area contributed by atoms with Crippen molar-refractivity contribution in [2.45, 2.75) is 59.0 Å². The highest BCUT2D eigenvalue weighted by molar-refractivity contribution is 5.81. The second-order valence-corrected chi connectivity index (χ2v) is 5.01. The van der Waals surface area contributed by atoms with Gasteiger partial charge in [-0.2, -0.15) is 0 Å². The van der Waals surface area contributed by atoms with Crippen molar-refractivity contribution in [2.75, 3.05) is 13.1 Å². The number of hydrogen-bond donors (Lipinski definition) is 1. The minimum Gasteiger partial charge on any atom is -0.342 e. The molecule has 94 valence electrons. The standard InChI is InChI=1S/C13H26N2O/c1-5-15(6-2)13(16)11(4)14-12-8-7-10(3)9-12/h10-12,14H,5-9H2,1-4H3. The van der Waals surface area contributed by atoms with E-state index in [0.717, 1.165) is 19.0 Å².